The second kappa shape index (κ2) is 4.37. The number of benzene rings is 1. The molecule has 1 nitrogen and oxygen atoms in total. The minimum absolute atomic E-state index is 0.0492. The maximum atomic E-state index is 14.4. The molecule has 0 spiro atoms. The largest absolute Gasteiger partial charge is 0.330 e. The quantitative estimate of drug-likeness (QED) is 0.858. The molecule has 17 heavy (non-hydrogen) atoms. The molecule has 1 rings (SSSR count). The molecule has 0 amide bonds. The molecule has 0 aliphatic heterocycles. The molecule has 96 valence electrons. The van der Waals surface area contributed by atoms with E-state index in [4.69, 9.17) is 5.73 Å². The van der Waals surface area contributed by atoms with Gasteiger partial charge in [0.15, 0.2) is 0 Å². The van der Waals surface area contributed by atoms with Crippen molar-refractivity contribution in [2.45, 2.75) is 40.5 Å². The second-order valence-electron chi connectivity index (χ2n) is 5.34. The predicted molar refractivity (Wildman–Crippen MR) is 67.4 cm³/mol. The van der Waals surface area contributed by atoms with E-state index in [1.807, 2.05) is 13.8 Å². The minimum Gasteiger partial charge on any atom is -0.330 e. The van der Waals surface area contributed by atoms with Crippen LogP contribution in [0.5, 0.6) is 0 Å². The Hall–Kier alpha value is -0.960. The predicted octanol–water partition coefficient (Wildman–Crippen LogP) is 3.69. The first-order valence-corrected chi connectivity index (χ1v) is 5.80. The first kappa shape index (κ1) is 14.1. The number of hydrogen-bond acceptors (Lipinski definition) is 1. The molecule has 0 atom stereocenters. The van der Waals surface area contributed by atoms with Crippen LogP contribution in [0.2, 0.25) is 0 Å². The molecular formula is C14H21F2N. The molecule has 1 aromatic rings. The number of rotatable bonds is 3. The summed E-state index contributed by atoms with van der Waals surface area (Å²) >= 11 is 0. The number of halogens is 2. The Kier molecular flexibility index (Phi) is 3.63. The van der Waals surface area contributed by atoms with E-state index >= 15 is 0 Å². The molecule has 0 aromatic heterocycles. The Morgan fingerprint density at radius 3 is 2.06 bits per heavy atom. The summed E-state index contributed by atoms with van der Waals surface area (Å²) in [5, 5.41) is 0. The SMILES string of the molecule is Cc1ccc(C(F)(F)C(C)(C)CN)c(C)c1C. The third-order valence-electron chi connectivity index (χ3n) is 3.76. The Morgan fingerprint density at radius 1 is 1.06 bits per heavy atom. The average Bonchev–Trinajstić information content (AvgIpc) is 2.25. The van der Waals surface area contributed by atoms with Crippen molar-refractivity contribution in [2.75, 3.05) is 6.54 Å². The van der Waals surface area contributed by atoms with Gasteiger partial charge in [-0.15, -0.1) is 0 Å². The highest BCUT2D eigenvalue weighted by atomic mass is 19.3. The van der Waals surface area contributed by atoms with Gasteiger partial charge in [0.2, 0.25) is 0 Å². The summed E-state index contributed by atoms with van der Waals surface area (Å²) < 4.78 is 28.9. The van der Waals surface area contributed by atoms with Gasteiger partial charge in [-0.05, 0) is 37.5 Å². The number of nitrogens with two attached hydrogens (primary N) is 1. The van der Waals surface area contributed by atoms with Crippen LogP contribution in [-0.4, -0.2) is 6.54 Å². The van der Waals surface area contributed by atoms with Crippen molar-refractivity contribution in [1.29, 1.82) is 0 Å². The van der Waals surface area contributed by atoms with E-state index < -0.39 is 11.3 Å². The van der Waals surface area contributed by atoms with Crippen LogP contribution < -0.4 is 5.73 Å². The highest BCUT2D eigenvalue weighted by Gasteiger charge is 2.48. The van der Waals surface area contributed by atoms with Crippen molar-refractivity contribution in [2.24, 2.45) is 11.1 Å². The summed E-state index contributed by atoms with van der Waals surface area (Å²) in [6, 6.07) is 3.27. The lowest BCUT2D eigenvalue weighted by Gasteiger charge is -2.34. The number of alkyl halides is 2. The van der Waals surface area contributed by atoms with Crippen molar-refractivity contribution >= 4 is 0 Å². The Morgan fingerprint density at radius 2 is 1.59 bits per heavy atom. The normalized spacial score (nSPS) is 12.9. The molecule has 0 heterocycles. The summed E-state index contributed by atoms with van der Waals surface area (Å²) in [4.78, 5) is 0. The van der Waals surface area contributed by atoms with E-state index in [-0.39, 0.29) is 12.1 Å². The summed E-state index contributed by atoms with van der Waals surface area (Å²) in [5.41, 5.74) is 6.95. The lowest BCUT2D eigenvalue weighted by molar-refractivity contribution is -0.109. The lowest BCUT2D eigenvalue weighted by atomic mass is 9.79. The fourth-order valence-electron chi connectivity index (χ4n) is 1.79. The van der Waals surface area contributed by atoms with Gasteiger partial charge >= 0.3 is 0 Å². The molecule has 0 aliphatic rings. The van der Waals surface area contributed by atoms with Crippen molar-refractivity contribution in [3.05, 3.63) is 34.4 Å². The smallest absolute Gasteiger partial charge is 0.279 e. The van der Waals surface area contributed by atoms with Gasteiger partial charge in [-0.2, -0.15) is 0 Å². The zero-order chi connectivity index (χ0) is 13.4. The highest BCUT2D eigenvalue weighted by Crippen LogP contribution is 2.45. The Balaban J connectivity index is 3.39. The summed E-state index contributed by atoms with van der Waals surface area (Å²) in [6.45, 7) is 8.51. The standard InChI is InChI=1S/C14H21F2N/c1-9-6-7-12(11(3)10(9)2)14(15,16)13(4,5)8-17/h6-7H,8,17H2,1-5H3. The average molecular weight is 241 g/mol. The fraction of sp³-hybridized carbons (Fsp3) is 0.571. The Bertz CT molecular complexity index is 422. The van der Waals surface area contributed by atoms with Crippen LogP contribution in [0.3, 0.4) is 0 Å². The maximum Gasteiger partial charge on any atom is 0.279 e. The first-order valence-electron chi connectivity index (χ1n) is 5.80. The molecule has 0 fully saturated rings. The van der Waals surface area contributed by atoms with Crippen LogP contribution in [-0.2, 0) is 5.92 Å². The van der Waals surface area contributed by atoms with Crippen molar-refractivity contribution < 1.29 is 8.78 Å². The number of aryl methyl sites for hydroxylation is 1. The van der Waals surface area contributed by atoms with Crippen molar-refractivity contribution in [3.8, 4) is 0 Å². The fourth-order valence-corrected chi connectivity index (χ4v) is 1.79. The van der Waals surface area contributed by atoms with Gasteiger partial charge in [0.05, 0.1) is 0 Å². The van der Waals surface area contributed by atoms with Gasteiger partial charge in [-0.25, -0.2) is 8.78 Å². The Labute approximate surface area is 102 Å². The van der Waals surface area contributed by atoms with E-state index in [0.29, 0.717) is 5.56 Å². The zero-order valence-electron chi connectivity index (χ0n) is 11.2. The molecular weight excluding hydrogens is 220 g/mol. The van der Waals surface area contributed by atoms with Gasteiger partial charge in [0.1, 0.15) is 0 Å². The molecule has 0 bridgehead atoms. The van der Waals surface area contributed by atoms with E-state index in [1.165, 1.54) is 19.9 Å². The van der Waals surface area contributed by atoms with Gasteiger partial charge < -0.3 is 5.73 Å². The van der Waals surface area contributed by atoms with E-state index in [0.717, 1.165) is 11.1 Å². The third-order valence-corrected chi connectivity index (χ3v) is 3.76. The molecule has 0 unspecified atom stereocenters. The van der Waals surface area contributed by atoms with Crippen LogP contribution in [0, 0.1) is 26.2 Å². The third kappa shape index (κ3) is 2.21. The van der Waals surface area contributed by atoms with Gasteiger partial charge in [0.25, 0.3) is 5.92 Å². The second-order valence-corrected chi connectivity index (χ2v) is 5.34. The highest BCUT2D eigenvalue weighted by molar-refractivity contribution is 5.41. The zero-order valence-corrected chi connectivity index (χ0v) is 11.2. The molecule has 0 radical (unpaired) electrons. The van der Waals surface area contributed by atoms with E-state index in [2.05, 4.69) is 0 Å². The van der Waals surface area contributed by atoms with E-state index in [1.54, 1.807) is 13.0 Å². The van der Waals surface area contributed by atoms with Gasteiger partial charge in [-0.3, -0.25) is 0 Å². The topological polar surface area (TPSA) is 26.0 Å². The maximum absolute atomic E-state index is 14.4. The van der Waals surface area contributed by atoms with Crippen LogP contribution in [0.1, 0.15) is 36.1 Å². The van der Waals surface area contributed by atoms with Crippen LogP contribution >= 0.6 is 0 Å². The molecule has 3 heteroatoms. The molecule has 2 N–H and O–H groups in total. The van der Waals surface area contributed by atoms with Crippen molar-refractivity contribution in [1.82, 2.24) is 0 Å². The van der Waals surface area contributed by atoms with E-state index in [9.17, 15) is 8.78 Å². The first-order chi connectivity index (χ1) is 7.65. The lowest BCUT2D eigenvalue weighted by Crippen LogP contribution is -2.40. The van der Waals surface area contributed by atoms with Gasteiger partial charge in [-0.1, -0.05) is 26.0 Å². The summed E-state index contributed by atoms with van der Waals surface area (Å²) in [6.07, 6.45) is 0. The summed E-state index contributed by atoms with van der Waals surface area (Å²) in [7, 11) is 0. The molecule has 0 saturated heterocycles. The van der Waals surface area contributed by atoms with Crippen LogP contribution in [0.4, 0.5) is 8.78 Å². The molecule has 0 aliphatic carbocycles. The summed E-state index contributed by atoms with van der Waals surface area (Å²) in [5.74, 6) is -2.91. The van der Waals surface area contributed by atoms with Crippen LogP contribution in [0.15, 0.2) is 12.1 Å². The number of hydrogen-bond donors (Lipinski definition) is 1. The molecule has 0 saturated carbocycles. The van der Waals surface area contributed by atoms with Gasteiger partial charge in [0, 0.05) is 17.5 Å². The minimum atomic E-state index is -2.91. The monoisotopic (exact) mass is 241 g/mol. The van der Waals surface area contributed by atoms with Crippen molar-refractivity contribution in [3.63, 3.8) is 0 Å². The molecule has 1 aromatic carbocycles. The van der Waals surface area contributed by atoms with Crippen LogP contribution in [0.25, 0.3) is 0 Å².